The molecule has 1 aliphatic rings. The molecule has 0 fully saturated rings. The van der Waals surface area contributed by atoms with Crippen LogP contribution in [0, 0.1) is 29.4 Å². The Bertz CT molecular complexity index is 447. The number of nitrogens with one attached hydrogen (secondary N) is 1. The van der Waals surface area contributed by atoms with Crippen molar-refractivity contribution in [2.45, 2.75) is 19.3 Å². The van der Waals surface area contributed by atoms with Crippen molar-refractivity contribution < 1.29 is 17.6 Å². The number of allylic oxidation sites excluding steroid dienone is 2. The molecule has 18 heavy (non-hydrogen) atoms. The van der Waals surface area contributed by atoms with E-state index in [1.165, 1.54) is 0 Å². The second-order valence-corrected chi connectivity index (χ2v) is 4.23. The Hall–Kier alpha value is -1.59. The SMILES string of the molecule is Fc1nc(F)c(F)c(NCC2CC=CCC2)c1F. The van der Waals surface area contributed by atoms with Crippen LogP contribution in [0.4, 0.5) is 23.2 Å². The molecular weight excluding hydrogens is 248 g/mol. The third kappa shape index (κ3) is 2.63. The maximum absolute atomic E-state index is 13.3. The first-order valence-corrected chi connectivity index (χ1v) is 5.68. The summed E-state index contributed by atoms with van der Waals surface area (Å²) < 4.78 is 52.2. The zero-order valence-electron chi connectivity index (χ0n) is 9.52. The molecule has 1 aliphatic carbocycles. The maximum atomic E-state index is 13.3. The molecule has 1 aromatic heterocycles. The van der Waals surface area contributed by atoms with E-state index < -0.39 is 29.2 Å². The van der Waals surface area contributed by atoms with E-state index in [1.807, 2.05) is 12.2 Å². The molecular formula is C12H12F4N2. The smallest absolute Gasteiger partial charge is 0.253 e. The molecule has 0 amide bonds. The monoisotopic (exact) mass is 260 g/mol. The minimum absolute atomic E-state index is 0.202. The molecule has 2 nitrogen and oxygen atoms in total. The van der Waals surface area contributed by atoms with Gasteiger partial charge in [0, 0.05) is 6.54 Å². The highest BCUT2D eigenvalue weighted by molar-refractivity contribution is 5.45. The third-order valence-electron chi connectivity index (χ3n) is 2.94. The fraction of sp³-hybridized carbons (Fsp3) is 0.417. The van der Waals surface area contributed by atoms with Crippen LogP contribution in [-0.2, 0) is 0 Å². The molecule has 1 heterocycles. The van der Waals surface area contributed by atoms with E-state index in [4.69, 9.17) is 0 Å². The number of anilines is 1. The van der Waals surface area contributed by atoms with Crippen molar-refractivity contribution in [3.05, 3.63) is 35.7 Å². The number of aromatic nitrogens is 1. The second kappa shape index (κ2) is 5.37. The van der Waals surface area contributed by atoms with Crippen LogP contribution in [0.3, 0.4) is 0 Å². The van der Waals surface area contributed by atoms with Gasteiger partial charge >= 0.3 is 0 Å². The third-order valence-corrected chi connectivity index (χ3v) is 2.94. The van der Waals surface area contributed by atoms with Crippen molar-refractivity contribution >= 4 is 5.69 Å². The number of hydrogen-bond acceptors (Lipinski definition) is 2. The normalized spacial score (nSPS) is 19.0. The van der Waals surface area contributed by atoms with Crippen molar-refractivity contribution in [3.8, 4) is 0 Å². The van der Waals surface area contributed by atoms with E-state index in [0.29, 0.717) is 0 Å². The van der Waals surface area contributed by atoms with Gasteiger partial charge in [0.1, 0.15) is 5.69 Å². The first kappa shape index (κ1) is 12.9. The van der Waals surface area contributed by atoms with Crippen molar-refractivity contribution in [2.75, 3.05) is 11.9 Å². The minimum Gasteiger partial charge on any atom is -0.380 e. The lowest BCUT2D eigenvalue weighted by Gasteiger charge is -2.19. The van der Waals surface area contributed by atoms with Crippen LogP contribution in [0.2, 0.25) is 0 Å². The van der Waals surface area contributed by atoms with Gasteiger partial charge in [-0.25, -0.2) is 0 Å². The highest BCUT2D eigenvalue weighted by Crippen LogP contribution is 2.24. The lowest BCUT2D eigenvalue weighted by molar-refractivity contribution is 0.408. The number of pyridine rings is 1. The van der Waals surface area contributed by atoms with Gasteiger partial charge < -0.3 is 5.32 Å². The summed E-state index contributed by atoms with van der Waals surface area (Å²) in [4.78, 5) is 2.49. The first-order chi connectivity index (χ1) is 8.59. The minimum atomic E-state index is -1.64. The Labute approximate surface area is 102 Å². The topological polar surface area (TPSA) is 24.9 Å². The van der Waals surface area contributed by atoms with Crippen molar-refractivity contribution in [3.63, 3.8) is 0 Å². The van der Waals surface area contributed by atoms with Gasteiger partial charge in [-0.05, 0) is 25.2 Å². The number of hydrogen-bond donors (Lipinski definition) is 1. The van der Waals surface area contributed by atoms with E-state index in [1.54, 1.807) is 0 Å². The fourth-order valence-electron chi connectivity index (χ4n) is 1.93. The van der Waals surface area contributed by atoms with Gasteiger partial charge in [0.2, 0.25) is 11.6 Å². The highest BCUT2D eigenvalue weighted by Gasteiger charge is 2.21. The van der Waals surface area contributed by atoms with Gasteiger partial charge in [-0.3, -0.25) is 0 Å². The van der Waals surface area contributed by atoms with Crippen LogP contribution < -0.4 is 5.32 Å². The Morgan fingerprint density at radius 3 is 2.33 bits per heavy atom. The lowest BCUT2D eigenvalue weighted by atomic mass is 9.94. The predicted octanol–water partition coefficient (Wildman–Crippen LogP) is 3.41. The molecule has 0 bridgehead atoms. The van der Waals surface area contributed by atoms with Crippen LogP contribution in [0.25, 0.3) is 0 Å². The molecule has 0 aliphatic heterocycles. The molecule has 2 rings (SSSR count). The number of nitrogens with zero attached hydrogens (tertiary/aromatic N) is 1. The van der Waals surface area contributed by atoms with Crippen LogP contribution >= 0.6 is 0 Å². The van der Waals surface area contributed by atoms with Crippen LogP contribution in [0.1, 0.15) is 19.3 Å². The quantitative estimate of drug-likeness (QED) is 0.512. The molecule has 1 unspecified atom stereocenters. The molecule has 0 radical (unpaired) electrons. The summed E-state index contributed by atoms with van der Waals surface area (Å²) in [6.07, 6.45) is 6.57. The van der Waals surface area contributed by atoms with Gasteiger partial charge in [0.25, 0.3) is 11.9 Å². The van der Waals surface area contributed by atoms with Crippen molar-refractivity contribution in [1.82, 2.24) is 4.98 Å². The van der Waals surface area contributed by atoms with E-state index in [9.17, 15) is 17.6 Å². The largest absolute Gasteiger partial charge is 0.380 e. The van der Waals surface area contributed by atoms with Gasteiger partial charge in [-0.15, -0.1) is 0 Å². The molecule has 1 N–H and O–H groups in total. The fourth-order valence-corrected chi connectivity index (χ4v) is 1.93. The van der Waals surface area contributed by atoms with Crippen molar-refractivity contribution in [2.24, 2.45) is 5.92 Å². The zero-order valence-corrected chi connectivity index (χ0v) is 9.52. The summed E-state index contributed by atoms with van der Waals surface area (Å²) >= 11 is 0. The summed E-state index contributed by atoms with van der Waals surface area (Å²) in [5.74, 6) is -6.05. The van der Waals surface area contributed by atoms with Gasteiger partial charge in [0.05, 0.1) is 0 Å². The second-order valence-electron chi connectivity index (χ2n) is 4.23. The van der Waals surface area contributed by atoms with Gasteiger partial charge in [-0.1, -0.05) is 12.2 Å². The molecule has 0 saturated heterocycles. The molecule has 0 saturated carbocycles. The van der Waals surface area contributed by atoms with Crippen molar-refractivity contribution in [1.29, 1.82) is 0 Å². The summed E-state index contributed by atoms with van der Waals surface area (Å²) in [6, 6.07) is 0. The number of halogens is 4. The summed E-state index contributed by atoms with van der Waals surface area (Å²) in [5, 5.41) is 2.43. The maximum Gasteiger partial charge on any atom is 0.253 e. The van der Waals surface area contributed by atoms with Gasteiger partial charge in [-0.2, -0.15) is 22.5 Å². The first-order valence-electron chi connectivity index (χ1n) is 5.68. The average Bonchev–Trinajstić information content (AvgIpc) is 2.38. The molecule has 1 atom stereocenters. The highest BCUT2D eigenvalue weighted by atomic mass is 19.2. The van der Waals surface area contributed by atoms with E-state index in [-0.39, 0.29) is 12.5 Å². The van der Waals surface area contributed by atoms with Crippen LogP contribution in [0.5, 0.6) is 0 Å². The lowest BCUT2D eigenvalue weighted by Crippen LogP contribution is -2.18. The molecule has 6 heteroatoms. The standard InChI is InChI=1S/C12H12F4N2/c13-8-10(9(14)12(16)18-11(8)15)17-6-7-4-2-1-3-5-7/h1-2,7H,3-6H2,(H,17,18). The van der Waals surface area contributed by atoms with Crippen LogP contribution in [-0.4, -0.2) is 11.5 Å². The van der Waals surface area contributed by atoms with Crippen LogP contribution in [0.15, 0.2) is 12.2 Å². The number of rotatable bonds is 3. The van der Waals surface area contributed by atoms with E-state index in [0.717, 1.165) is 19.3 Å². The average molecular weight is 260 g/mol. The van der Waals surface area contributed by atoms with Gasteiger partial charge in [0.15, 0.2) is 0 Å². The van der Waals surface area contributed by atoms with E-state index >= 15 is 0 Å². The Balaban J connectivity index is 2.11. The zero-order chi connectivity index (χ0) is 13.1. The Morgan fingerprint density at radius 2 is 1.78 bits per heavy atom. The summed E-state index contributed by atoms with van der Waals surface area (Å²) in [7, 11) is 0. The molecule has 1 aromatic rings. The molecule has 98 valence electrons. The molecule has 0 spiro atoms. The Kier molecular flexibility index (Phi) is 3.84. The Morgan fingerprint density at radius 1 is 1.11 bits per heavy atom. The molecule has 0 aromatic carbocycles. The summed E-state index contributed by atoms with van der Waals surface area (Å²) in [6.45, 7) is 0.265. The van der Waals surface area contributed by atoms with E-state index in [2.05, 4.69) is 10.3 Å². The summed E-state index contributed by atoms with van der Waals surface area (Å²) in [5.41, 5.74) is -0.783. The predicted molar refractivity (Wildman–Crippen MR) is 59.0 cm³/mol.